The normalized spacial score (nSPS) is 14.3. The van der Waals surface area contributed by atoms with Crippen molar-refractivity contribution in [3.63, 3.8) is 0 Å². The minimum absolute atomic E-state index is 0.0123. The van der Waals surface area contributed by atoms with E-state index in [1.165, 1.54) is 7.11 Å². The van der Waals surface area contributed by atoms with Crippen LogP contribution in [0.5, 0.6) is 5.75 Å². The average Bonchev–Trinajstić information content (AvgIpc) is 2.27. The number of Topliss-reactive ketones (excluding diaryl/α,β-unsaturated/α-hetero) is 1. The summed E-state index contributed by atoms with van der Waals surface area (Å²) in [5, 5.41) is 0. The molecule has 0 heterocycles. The highest BCUT2D eigenvalue weighted by Gasteiger charge is 2.19. The Kier molecular flexibility index (Phi) is 2.46. The van der Waals surface area contributed by atoms with Gasteiger partial charge in [0.25, 0.3) is 0 Å². The summed E-state index contributed by atoms with van der Waals surface area (Å²) in [6.07, 6.45) is 2.15. The maximum absolute atomic E-state index is 11.6. The van der Waals surface area contributed by atoms with E-state index in [1.54, 1.807) is 13.2 Å². The molecule has 78 valence electrons. The van der Waals surface area contributed by atoms with Gasteiger partial charge < -0.3 is 9.47 Å². The number of carbonyl (C=O) groups is 1. The maximum Gasteiger partial charge on any atom is 0.201 e. The summed E-state index contributed by atoms with van der Waals surface area (Å²) in [4.78, 5) is 11.6. The third kappa shape index (κ3) is 1.73. The standard InChI is InChI=1S/C12H12O3/c1-14-10-4-3-8-7-12(15-2)11(13)6-9(8)5-10/h3-5,7H,6H2,1-2H3. The van der Waals surface area contributed by atoms with Gasteiger partial charge in [-0.05, 0) is 29.3 Å². The highest BCUT2D eigenvalue weighted by Crippen LogP contribution is 2.25. The molecule has 0 unspecified atom stereocenters. The number of fused-ring (bicyclic) bond motifs is 1. The maximum atomic E-state index is 11.6. The lowest BCUT2D eigenvalue weighted by Crippen LogP contribution is -2.13. The molecule has 0 atom stereocenters. The molecule has 0 amide bonds. The number of hydrogen-bond acceptors (Lipinski definition) is 3. The van der Waals surface area contributed by atoms with Gasteiger partial charge in [0.05, 0.1) is 14.2 Å². The zero-order valence-corrected chi connectivity index (χ0v) is 8.74. The number of rotatable bonds is 2. The van der Waals surface area contributed by atoms with Crippen LogP contribution in [0.25, 0.3) is 6.08 Å². The number of carbonyl (C=O) groups excluding carboxylic acids is 1. The van der Waals surface area contributed by atoms with Gasteiger partial charge in [0.15, 0.2) is 5.76 Å². The summed E-state index contributed by atoms with van der Waals surface area (Å²) in [6, 6.07) is 5.69. The molecule has 0 saturated carbocycles. The van der Waals surface area contributed by atoms with E-state index in [0.29, 0.717) is 12.2 Å². The smallest absolute Gasteiger partial charge is 0.201 e. The third-order valence-corrected chi connectivity index (χ3v) is 2.48. The number of hydrogen-bond donors (Lipinski definition) is 0. The van der Waals surface area contributed by atoms with Gasteiger partial charge in [0.1, 0.15) is 5.75 Å². The van der Waals surface area contributed by atoms with E-state index in [9.17, 15) is 4.79 Å². The molecule has 0 N–H and O–H groups in total. The summed E-state index contributed by atoms with van der Waals surface area (Å²) in [7, 11) is 3.13. The Morgan fingerprint density at radius 3 is 2.67 bits per heavy atom. The zero-order valence-electron chi connectivity index (χ0n) is 8.74. The van der Waals surface area contributed by atoms with Crippen molar-refractivity contribution in [1.82, 2.24) is 0 Å². The van der Waals surface area contributed by atoms with Gasteiger partial charge >= 0.3 is 0 Å². The van der Waals surface area contributed by atoms with E-state index in [2.05, 4.69) is 0 Å². The molecule has 0 fully saturated rings. The van der Waals surface area contributed by atoms with Crippen molar-refractivity contribution < 1.29 is 14.3 Å². The van der Waals surface area contributed by atoms with Crippen LogP contribution in [-0.4, -0.2) is 20.0 Å². The van der Waals surface area contributed by atoms with Crippen molar-refractivity contribution in [2.24, 2.45) is 0 Å². The molecule has 3 heteroatoms. The average molecular weight is 204 g/mol. The fourth-order valence-electron chi connectivity index (χ4n) is 1.66. The highest BCUT2D eigenvalue weighted by molar-refractivity contribution is 6.01. The van der Waals surface area contributed by atoms with Gasteiger partial charge in [-0.15, -0.1) is 0 Å². The Bertz CT molecular complexity index is 432. The van der Waals surface area contributed by atoms with Crippen LogP contribution in [0.4, 0.5) is 0 Å². The quantitative estimate of drug-likeness (QED) is 0.737. The lowest BCUT2D eigenvalue weighted by Gasteiger charge is -2.15. The number of ketones is 1. The predicted octanol–water partition coefficient (Wildman–Crippen LogP) is 1.81. The van der Waals surface area contributed by atoms with Crippen molar-refractivity contribution in [2.45, 2.75) is 6.42 Å². The summed E-state index contributed by atoms with van der Waals surface area (Å²) in [5.74, 6) is 1.21. The van der Waals surface area contributed by atoms with Crippen molar-refractivity contribution in [3.8, 4) is 5.75 Å². The van der Waals surface area contributed by atoms with Gasteiger partial charge in [-0.3, -0.25) is 4.79 Å². The van der Waals surface area contributed by atoms with Gasteiger partial charge in [0, 0.05) is 6.42 Å². The van der Waals surface area contributed by atoms with Gasteiger partial charge in [-0.2, -0.15) is 0 Å². The van der Waals surface area contributed by atoms with Crippen LogP contribution in [0.1, 0.15) is 11.1 Å². The second kappa shape index (κ2) is 3.77. The first-order valence-corrected chi connectivity index (χ1v) is 4.70. The monoisotopic (exact) mass is 204 g/mol. The Morgan fingerprint density at radius 2 is 2.00 bits per heavy atom. The van der Waals surface area contributed by atoms with Gasteiger partial charge in [-0.25, -0.2) is 0 Å². The Balaban J connectivity index is 2.45. The molecule has 1 aromatic carbocycles. The minimum Gasteiger partial charge on any atom is -0.497 e. The summed E-state index contributed by atoms with van der Waals surface area (Å²) < 4.78 is 10.1. The zero-order chi connectivity index (χ0) is 10.8. The SMILES string of the molecule is COC1=Cc2ccc(OC)cc2CC1=O. The fraction of sp³-hybridized carbons (Fsp3) is 0.250. The predicted molar refractivity (Wildman–Crippen MR) is 56.7 cm³/mol. The number of methoxy groups -OCH3 is 2. The van der Waals surface area contributed by atoms with E-state index in [1.807, 2.05) is 18.2 Å². The van der Waals surface area contributed by atoms with Crippen molar-refractivity contribution in [3.05, 3.63) is 35.1 Å². The molecular formula is C12H12O3. The second-order valence-corrected chi connectivity index (χ2v) is 3.38. The molecule has 1 aliphatic rings. The lowest BCUT2D eigenvalue weighted by molar-refractivity contribution is -0.117. The third-order valence-electron chi connectivity index (χ3n) is 2.48. The molecule has 0 spiro atoms. The molecule has 1 aromatic rings. The Hall–Kier alpha value is -1.77. The largest absolute Gasteiger partial charge is 0.497 e. The second-order valence-electron chi connectivity index (χ2n) is 3.38. The first-order valence-electron chi connectivity index (χ1n) is 4.70. The Morgan fingerprint density at radius 1 is 1.20 bits per heavy atom. The molecule has 2 rings (SSSR count). The van der Waals surface area contributed by atoms with E-state index in [4.69, 9.17) is 9.47 Å². The van der Waals surface area contributed by atoms with E-state index in [-0.39, 0.29) is 5.78 Å². The molecule has 3 nitrogen and oxygen atoms in total. The number of allylic oxidation sites excluding steroid dienone is 1. The van der Waals surface area contributed by atoms with E-state index >= 15 is 0 Å². The highest BCUT2D eigenvalue weighted by atomic mass is 16.5. The van der Waals surface area contributed by atoms with Crippen LogP contribution in [0, 0.1) is 0 Å². The summed E-state index contributed by atoms with van der Waals surface area (Å²) >= 11 is 0. The summed E-state index contributed by atoms with van der Waals surface area (Å²) in [5.41, 5.74) is 2.01. The number of ether oxygens (including phenoxy) is 2. The van der Waals surface area contributed by atoms with Gasteiger partial charge in [0.2, 0.25) is 5.78 Å². The molecule has 0 aliphatic heterocycles. The van der Waals surface area contributed by atoms with E-state index in [0.717, 1.165) is 16.9 Å². The lowest BCUT2D eigenvalue weighted by atomic mass is 9.95. The first kappa shape index (κ1) is 9.77. The van der Waals surface area contributed by atoms with Crippen LogP contribution >= 0.6 is 0 Å². The molecule has 1 aliphatic carbocycles. The van der Waals surface area contributed by atoms with Crippen molar-refractivity contribution in [2.75, 3.05) is 14.2 Å². The van der Waals surface area contributed by atoms with Gasteiger partial charge in [-0.1, -0.05) is 6.07 Å². The van der Waals surface area contributed by atoms with E-state index < -0.39 is 0 Å². The van der Waals surface area contributed by atoms with Crippen molar-refractivity contribution >= 4 is 11.9 Å². The summed E-state index contributed by atoms with van der Waals surface area (Å²) in [6.45, 7) is 0. The fourth-order valence-corrected chi connectivity index (χ4v) is 1.66. The van der Waals surface area contributed by atoms with Crippen LogP contribution in [0.2, 0.25) is 0 Å². The van der Waals surface area contributed by atoms with Crippen LogP contribution in [0.3, 0.4) is 0 Å². The molecule has 0 aromatic heterocycles. The first-order chi connectivity index (χ1) is 7.24. The van der Waals surface area contributed by atoms with Crippen LogP contribution < -0.4 is 4.74 Å². The minimum atomic E-state index is 0.0123. The van der Waals surface area contributed by atoms with Crippen LogP contribution in [0.15, 0.2) is 24.0 Å². The molecule has 0 bridgehead atoms. The molecule has 0 radical (unpaired) electrons. The number of benzene rings is 1. The van der Waals surface area contributed by atoms with Crippen molar-refractivity contribution in [1.29, 1.82) is 0 Å². The molecule has 0 saturated heterocycles. The molecule has 15 heavy (non-hydrogen) atoms. The Labute approximate surface area is 88.3 Å². The topological polar surface area (TPSA) is 35.5 Å². The molecular weight excluding hydrogens is 192 g/mol. The van der Waals surface area contributed by atoms with Crippen LogP contribution in [-0.2, 0) is 16.0 Å².